The molecule has 2 aromatic rings. The topological polar surface area (TPSA) is 53.0 Å². The van der Waals surface area contributed by atoms with Crippen LogP contribution in [-0.4, -0.2) is 47.8 Å². The lowest BCUT2D eigenvalue weighted by Crippen LogP contribution is -2.38. The summed E-state index contributed by atoms with van der Waals surface area (Å²) in [5.41, 5.74) is -2.56. The zero-order valence-corrected chi connectivity index (χ0v) is 20.2. The quantitative estimate of drug-likeness (QED) is 0.323. The summed E-state index contributed by atoms with van der Waals surface area (Å²) in [6.45, 7) is 1.66. The average molecular weight is 541 g/mol. The van der Waals surface area contributed by atoms with Gasteiger partial charge in [-0.1, -0.05) is 0 Å². The van der Waals surface area contributed by atoms with Crippen LogP contribution in [0.5, 0.6) is 5.75 Å². The van der Waals surface area contributed by atoms with E-state index in [1.165, 1.54) is 42.2 Å². The van der Waals surface area contributed by atoms with Crippen LogP contribution >= 0.6 is 11.9 Å². The first kappa shape index (κ1) is 27.9. The van der Waals surface area contributed by atoms with Crippen molar-refractivity contribution in [2.75, 3.05) is 25.1 Å². The van der Waals surface area contributed by atoms with Crippen molar-refractivity contribution < 1.29 is 45.4 Å². The van der Waals surface area contributed by atoms with E-state index in [-0.39, 0.29) is 22.8 Å². The maximum atomic E-state index is 14.0. The number of benzene rings is 2. The van der Waals surface area contributed by atoms with Crippen molar-refractivity contribution in [2.24, 2.45) is 5.41 Å². The number of carbonyl (C=O) groups is 1. The molecule has 0 aromatic heterocycles. The number of likely N-dealkylation sites (N-methyl/N-ethyl adjacent to an activating group) is 1. The minimum absolute atomic E-state index is 0.0414. The largest absolute Gasteiger partial charge is 0.492 e. The molecule has 13 heteroatoms. The molecule has 198 valence electrons. The smallest absolute Gasteiger partial charge is 0.420 e. The number of carboxylic acids is 1. The number of nitrogens with zero attached hydrogens (tertiary/aromatic N) is 2. The van der Waals surface area contributed by atoms with Gasteiger partial charge in [0.25, 0.3) is 0 Å². The third kappa shape index (κ3) is 6.55. The summed E-state index contributed by atoms with van der Waals surface area (Å²) in [6, 6.07) is 5.32. The van der Waals surface area contributed by atoms with Gasteiger partial charge in [0.15, 0.2) is 0 Å². The highest BCUT2D eigenvalue weighted by molar-refractivity contribution is 7.97. The SMILES string of the molecule is CN1Sc2cc(OCC(C)(C)C(=O)O)c(C(F)(F)F)cc2N(c2ccc(F)cc2)CC1CC(F)(F)F. The number of fused-ring (bicyclic) bond motifs is 1. The van der Waals surface area contributed by atoms with Gasteiger partial charge in [0.05, 0.1) is 28.0 Å². The molecule has 2 aromatic carbocycles. The Morgan fingerprint density at radius 2 is 1.72 bits per heavy atom. The number of alkyl halides is 6. The van der Waals surface area contributed by atoms with Gasteiger partial charge in [-0.2, -0.15) is 26.3 Å². The maximum absolute atomic E-state index is 14.0. The lowest BCUT2D eigenvalue weighted by atomic mass is 9.95. The number of hydrogen-bond acceptors (Lipinski definition) is 5. The van der Waals surface area contributed by atoms with Crippen molar-refractivity contribution >= 4 is 29.3 Å². The van der Waals surface area contributed by atoms with Crippen molar-refractivity contribution in [3.8, 4) is 5.75 Å². The fourth-order valence-corrected chi connectivity index (χ4v) is 4.50. The average Bonchev–Trinajstić information content (AvgIpc) is 2.86. The predicted octanol–water partition coefficient (Wildman–Crippen LogP) is 6.75. The van der Waals surface area contributed by atoms with Gasteiger partial charge in [-0.15, -0.1) is 0 Å². The monoisotopic (exact) mass is 540 g/mol. The molecule has 0 aliphatic carbocycles. The molecule has 1 unspecified atom stereocenters. The molecule has 1 heterocycles. The second kappa shape index (κ2) is 10.0. The fraction of sp³-hybridized carbons (Fsp3) is 0.435. The summed E-state index contributed by atoms with van der Waals surface area (Å²) < 4.78 is 102. The highest BCUT2D eigenvalue weighted by Crippen LogP contribution is 2.48. The van der Waals surface area contributed by atoms with Crippen LogP contribution in [0.1, 0.15) is 25.8 Å². The van der Waals surface area contributed by atoms with Crippen LogP contribution < -0.4 is 9.64 Å². The van der Waals surface area contributed by atoms with E-state index in [2.05, 4.69) is 0 Å². The summed E-state index contributed by atoms with van der Waals surface area (Å²) in [5.74, 6) is -2.55. The Morgan fingerprint density at radius 1 is 1.11 bits per heavy atom. The van der Waals surface area contributed by atoms with Crippen molar-refractivity contribution in [1.29, 1.82) is 0 Å². The Kier molecular flexibility index (Phi) is 7.75. The van der Waals surface area contributed by atoms with Gasteiger partial charge in [-0.3, -0.25) is 4.79 Å². The molecule has 0 amide bonds. The van der Waals surface area contributed by atoms with Gasteiger partial charge in [-0.25, -0.2) is 8.70 Å². The van der Waals surface area contributed by atoms with Crippen LogP contribution in [0.3, 0.4) is 0 Å². The van der Waals surface area contributed by atoms with Gasteiger partial charge >= 0.3 is 18.3 Å². The molecule has 0 radical (unpaired) electrons. The Balaban J connectivity index is 2.15. The third-order valence-corrected chi connectivity index (χ3v) is 6.69. The second-order valence-electron chi connectivity index (χ2n) is 8.99. The first-order chi connectivity index (χ1) is 16.5. The third-order valence-electron chi connectivity index (χ3n) is 5.58. The van der Waals surface area contributed by atoms with Crippen LogP contribution in [0.25, 0.3) is 0 Å². The molecule has 1 N–H and O–H groups in total. The second-order valence-corrected chi connectivity index (χ2v) is 10.2. The minimum Gasteiger partial charge on any atom is -0.492 e. The highest BCUT2D eigenvalue weighted by Gasteiger charge is 2.41. The molecule has 1 atom stereocenters. The normalized spacial score (nSPS) is 17.5. The summed E-state index contributed by atoms with van der Waals surface area (Å²) in [4.78, 5) is 12.8. The predicted molar refractivity (Wildman–Crippen MR) is 120 cm³/mol. The number of ether oxygens (including phenoxy) is 1. The van der Waals surface area contributed by atoms with Crippen molar-refractivity contribution in [1.82, 2.24) is 4.31 Å². The highest BCUT2D eigenvalue weighted by atomic mass is 32.2. The molecule has 0 saturated carbocycles. The lowest BCUT2D eigenvalue weighted by molar-refractivity contribution is -0.149. The van der Waals surface area contributed by atoms with Crippen LogP contribution in [0.4, 0.5) is 42.1 Å². The molecule has 1 aliphatic heterocycles. The Labute approximate surface area is 207 Å². The van der Waals surface area contributed by atoms with E-state index in [0.29, 0.717) is 0 Å². The zero-order chi connectivity index (χ0) is 27.1. The standard InChI is InChI=1S/C23H23F7N2O3S/c1-21(2,20(33)34)12-35-18-9-19-17(8-16(18)23(28,29)30)32(14-6-4-13(24)5-7-14)11-15(31(3)36-19)10-22(25,26)27/h4-9,15H,10-12H2,1-3H3,(H,33,34). The summed E-state index contributed by atoms with van der Waals surface area (Å²) >= 11 is 0.810. The minimum atomic E-state index is -4.92. The van der Waals surface area contributed by atoms with Crippen LogP contribution in [0, 0.1) is 11.2 Å². The van der Waals surface area contributed by atoms with E-state index >= 15 is 0 Å². The van der Waals surface area contributed by atoms with E-state index in [1.54, 1.807) is 0 Å². The van der Waals surface area contributed by atoms with Crippen molar-refractivity contribution in [3.05, 3.63) is 47.8 Å². The number of carboxylic acid groups (broad SMARTS) is 1. The number of rotatable bonds is 6. The van der Waals surface area contributed by atoms with Crippen molar-refractivity contribution in [2.45, 2.75) is 43.6 Å². The summed E-state index contributed by atoms with van der Waals surface area (Å²) in [6.07, 6.45) is -10.7. The van der Waals surface area contributed by atoms with E-state index < -0.39 is 59.9 Å². The molecule has 0 spiro atoms. The first-order valence-corrected chi connectivity index (χ1v) is 11.4. The molecule has 36 heavy (non-hydrogen) atoms. The van der Waals surface area contributed by atoms with Gasteiger partial charge in [-0.05, 0) is 69.2 Å². The number of hydrogen-bond donors (Lipinski definition) is 1. The summed E-state index contributed by atoms with van der Waals surface area (Å²) in [7, 11) is 1.39. The van der Waals surface area contributed by atoms with E-state index in [9.17, 15) is 40.6 Å². The Hall–Kier alpha value is -2.67. The molecule has 5 nitrogen and oxygen atoms in total. The molecule has 1 aliphatic rings. The van der Waals surface area contributed by atoms with Gasteiger partial charge in [0, 0.05) is 18.3 Å². The molecular weight excluding hydrogens is 517 g/mol. The Morgan fingerprint density at radius 3 is 2.25 bits per heavy atom. The number of halogens is 7. The van der Waals surface area contributed by atoms with Gasteiger partial charge in [0.1, 0.15) is 18.2 Å². The van der Waals surface area contributed by atoms with E-state index in [4.69, 9.17) is 4.74 Å². The molecule has 3 rings (SSSR count). The molecule has 0 bridgehead atoms. The zero-order valence-electron chi connectivity index (χ0n) is 19.4. The van der Waals surface area contributed by atoms with E-state index in [1.807, 2.05) is 0 Å². The first-order valence-electron chi connectivity index (χ1n) is 10.6. The fourth-order valence-electron chi connectivity index (χ4n) is 3.47. The lowest BCUT2D eigenvalue weighted by Gasteiger charge is -2.30. The molecule has 0 saturated heterocycles. The Bertz CT molecular complexity index is 1100. The molecular formula is C23H23F7N2O3S. The molecule has 0 fully saturated rings. The van der Waals surface area contributed by atoms with Crippen LogP contribution in [0.2, 0.25) is 0 Å². The number of anilines is 2. The maximum Gasteiger partial charge on any atom is 0.420 e. The number of aliphatic carboxylic acids is 1. The van der Waals surface area contributed by atoms with E-state index in [0.717, 1.165) is 36.2 Å². The van der Waals surface area contributed by atoms with Gasteiger partial charge < -0.3 is 14.7 Å². The van der Waals surface area contributed by atoms with Crippen molar-refractivity contribution in [3.63, 3.8) is 0 Å². The van der Waals surface area contributed by atoms with Crippen LogP contribution in [0.15, 0.2) is 41.3 Å². The van der Waals surface area contributed by atoms with Crippen LogP contribution in [-0.2, 0) is 11.0 Å². The summed E-state index contributed by atoms with van der Waals surface area (Å²) in [5, 5.41) is 9.28. The van der Waals surface area contributed by atoms with Gasteiger partial charge in [0.2, 0.25) is 0 Å².